The molecule has 0 aromatic heterocycles. The quantitative estimate of drug-likeness (QED) is 0.605. The third-order valence-corrected chi connectivity index (χ3v) is 2.65. The van der Waals surface area contributed by atoms with E-state index in [0.29, 0.717) is 24.7 Å². The van der Waals surface area contributed by atoms with Crippen LogP contribution in [0.1, 0.15) is 19.3 Å². The van der Waals surface area contributed by atoms with Gasteiger partial charge in [0.05, 0.1) is 12.2 Å². The molecule has 68 valence electrons. The maximum absolute atomic E-state index is 10.2. The molecule has 2 rings (SSSR count). The molecule has 1 heterocycles. The van der Waals surface area contributed by atoms with Crippen molar-refractivity contribution >= 4 is 6.09 Å². The van der Waals surface area contributed by atoms with Crippen LogP contribution in [0, 0.1) is 5.92 Å². The SMILES string of the molecule is O=C(O)NCC1CCC2OC2C1. The predicted molar refractivity (Wildman–Crippen MR) is 42.0 cm³/mol. The maximum Gasteiger partial charge on any atom is 0.404 e. The second-order valence-electron chi connectivity index (χ2n) is 3.58. The zero-order valence-corrected chi connectivity index (χ0v) is 6.82. The highest BCUT2D eigenvalue weighted by Crippen LogP contribution is 2.38. The molecule has 2 aliphatic rings. The van der Waals surface area contributed by atoms with E-state index in [1.807, 2.05) is 0 Å². The van der Waals surface area contributed by atoms with Gasteiger partial charge in [-0.15, -0.1) is 0 Å². The van der Waals surface area contributed by atoms with Gasteiger partial charge in [0, 0.05) is 6.54 Å². The summed E-state index contributed by atoms with van der Waals surface area (Å²) in [5.41, 5.74) is 0. The Labute approximate surface area is 70.9 Å². The molecule has 0 radical (unpaired) electrons. The van der Waals surface area contributed by atoms with Crippen molar-refractivity contribution in [1.29, 1.82) is 0 Å². The molecule has 2 N–H and O–H groups in total. The van der Waals surface area contributed by atoms with Crippen LogP contribution in [0.4, 0.5) is 4.79 Å². The van der Waals surface area contributed by atoms with E-state index in [1.165, 1.54) is 0 Å². The number of fused-ring (bicyclic) bond motifs is 1. The number of rotatable bonds is 2. The minimum atomic E-state index is -0.922. The van der Waals surface area contributed by atoms with Gasteiger partial charge in [-0.3, -0.25) is 0 Å². The van der Waals surface area contributed by atoms with Gasteiger partial charge in [0.2, 0.25) is 0 Å². The van der Waals surface area contributed by atoms with Crippen molar-refractivity contribution in [3.05, 3.63) is 0 Å². The Morgan fingerprint density at radius 2 is 2.33 bits per heavy atom. The third-order valence-electron chi connectivity index (χ3n) is 2.65. The first kappa shape index (κ1) is 7.86. The van der Waals surface area contributed by atoms with Gasteiger partial charge in [0.25, 0.3) is 0 Å². The fourth-order valence-electron chi connectivity index (χ4n) is 1.90. The van der Waals surface area contributed by atoms with Crippen LogP contribution in [0.3, 0.4) is 0 Å². The molecule has 3 atom stereocenters. The summed E-state index contributed by atoms with van der Waals surface area (Å²) >= 11 is 0. The maximum atomic E-state index is 10.2. The zero-order valence-electron chi connectivity index (χ0n) is 6.82. The van der Waals surface area contributed by atoms with E-state index in [1.54, 1.807) is 0 Å². The summed E-state index contributed by atoms with van der Waals surface area (Å²) in [6.07, 6.45) is 3.27. The minimum Gasteiger partial charge on any atom is -0.465 e. The largest absolute Gasteiger partial charge is 0.465 e. The van der Waals surface area contributed by atoms with E-state index in [-0.39, 0.29) is 0 Å². The first-order valence-corrected chi connectivity index (χ1v) is 4.38. The van der Waals surface area contributed by atoms with Crippen molar-refractivity contribution in [2.24, 2.45) is 5.92 Å². The van der Waals surface area contributed by atoms with E-state index in [0.717, 1.165) is 19.3 Å². The summed E-state index contributed by atoms with van der Waals surface area (Å²) in [7, 11) is 0. The zero-order chi connectivity index (χ0) is 8.55. The number of carbonyl (C=O) groups is 1. The molecule has 1 amide bonds. The lowest BCUT2D eigenvalue weighted by molar-refractivity contribution is 0.191. The number of carboxylic acid groups (broad SMARTS) is 1. The van der Waals surface area contributed by atoms with Crippen LogP contribution in [0.25, 0.3) is 0 Å². The van der Waals surface area contributed by atoms with Gasteiger partial charge in [0.1, 0.15) is 0 Å². The summed E-state index contributed by atoms with van der Waals surface area (Å²) in [6.45, 7) is 0.585. The Hall–Kier alpha value is -0.770. The molecule has 4 nitrogen and oxygen atoms in total. The van der Waals surface area contributed by atoms with Gasteiger partial charge in [-0.05, 0) is 25.2 Å². The number of nitrogens with one attached hydrogen (secondary N) is 1. The molecule has 0 bridgehead atoms. The van der Waals surface area contributed by atoms with E-state index >= 15 is 0 Å². The average molecular weight is 171 g/mol. The predicted octanol–water partition coefficient (Wildman–Crippen LogP) is 0.821. The van der Waals surface area contributed by atoms with Crippen molar-refractivity contribution < 1.29 is 14.6 Å². The fourth-order valence-corrected chi connectivity index (χ4v) is 1.90. The van der Waals surface area contributed by atoms with Crippen LogP contribution in [-0.2, 0) is 4.74 Å². The summed E-state index contributed by atoms with van der Waals surface area (Å²) < 4.78 is 5.34. The summed E-state index contributed by atoms with van der Waals surface area (Å²) in [4.78, 5) is 10.2. The first-order chi connectivity index (χ1) is 5.75. The van der Waals surface area contributed by atoms with E-state index in [2.05, 4.69) is 5.32 Å². The molecule has 1 aliphatic heterocycles. The van der Waals surface area contributed by atoms with Gasteiger partial charge >= 0.3 is 6.09 Å². The Morgan fingerprint density at radius 1 is 1.50 bits per heavy atom. The lowest BCUT2D eigenvalue weighted by atomic mass is 9.89. The normalized spacial score (nSPS) is 38.5. The van der Waals surface area contributed by atoms with Crippen molar-refractivity contribution in [2.45, 2.75) is 31.5 Å². The lowest BCUT2D eigenvalue weighted by Crippen LogP contribution is -2.30. The molecule has 3 unspecified atom stereocenters. The van der Waals surface area contributed by atoms with Crippen LogP contribution in [0.15, 0.2) is 0 Å². The molecule has 0 aromatic rings. The smallest absolute Gasteiger partial charge is 0.404 e. The monoisotopic (exact) mass is 171 g/mol. The number of ether oxygens (including phenoxy) is 1. The van der Waals surface area contributed by atoms with Crippen LogP contribution in [0.5, 0.6) is 0 Å². The van der Waals surface area contributed by atoms with Gasteiger partial charge in [-0.2, -0.15) is 0 Å². The molecule has 1 saturated carbocycles. The Balaban J connectivity index is 1.70. The van der Waals surface area contributed by atoms with Crippen molar-refractivity contribution in [2.75, 3.05) is 6.54 Å². The van der Waals surface area contributed by atoms with Crippen molar-refractivity contribution in [1.82, 2.24) is 5.32 Å². The Kier molecular flexibility index (Phi) is 1.92. The number of hydrogen-bond donors (Lipinski definition) is 2. The topological polar surface area (TPSA) is 61.9 Å². The Morgan fingerprint density at radius 3 is 3.00 bits per heavy atom. The summed E-state index contributed by atoms with van der Waals surface area (Å²) in [5.74, 6) is 0.491. The second kappa shape index (κ2) is 2.94. The van der Waals surface area contributed by atoms with Gasteiger partial charge < -0.3 is 15.2 Å². The minimum absolute atomic E-state index is 0.444. The highest BCUT2D eigenvalue weighted by molar-refractivity contribution is 5.64. The van der Waals surface area contributed by atoms with Crippen LogP contribution >= 0.6 is 0 Å². The molecule has 0 aromatic carbocycles. The molecular formula is C8H13NO3. The number of amides is 1. The molecule has 1 saturated heterocycles. The van der Waals surface area contributed by atoms with E-state index in [9.17, 15) is 4.79 Å². The second-order valence-corrected chi connectivity index (χ2v) is 3.58. The van der Waals surface area contributed by atoms with Crippen molar-refractivity contribution in [3.8, 4) is 0 Å². The van der Waals surface area contributed by atoms with Crippen LogP contribution in [-0.4, -0.2) is 30.0 Å². The third kappa shape index (κ3) is 1.69. The first-order valence-electron chi connectivity index (χ1n) is 4.38. The molecule has 2 fully saturated rings. The number of epoxide rings is 1. The highest BCUT2D eigenvalue weighted by Gasteiger charge is 2.43. The van der Waals surface area contributed by atoms with Crippen molar-refractivity contribution in [3.63, 3.8) is 0 Å². The molecule has 0 spiro atoms. The fraction of sp³-hybridized carbons (Fsp3) is 0.875. The highest BCUT2D eigenvalue weighted by atomic mass is 16.6. The Bertz CT molecular complexity index is 195. The number of hydrogen-bond acceptors (Lipinski definition) is 2. The van der Waals surface area contributed by atoms with E-state index < -0.39 is 6.09 Å². The van der Waals surface area contributed by atoms with Gasteiger partial charge in [0.15, 0.2) is 0 Å². The molecule has 12 heavy (non-hydrogen) atoms. The lowest BCUT2D eigenvalue weighted by Gasteiger charge is -2.17. The van der Waals surface area contributed by atoms with Crippen LogP contribution in [0.2, 0.25) is 0 Å². The molecular weight excluding hydrogens is 158 g/mol. The molecule has 1 aliphatic carbocycles. The standard InChI is InChI=1S/C8H13NO3/c10-8(11)9-4-5-1-2-6-7(3-5)12-6/h5-7,9H,1-4H2,(H,10,11). The summed E-state index contributed by atoms with van der Waals surface area (Å²) in [6, 6.07) is 0. The summed E-state index contributed by atoms with van der Waals surface area (Å²) in [5, 5.41) is 10.8. The van der Waals surface area contributed by atoms with Gasteiger partial charge in [-0.1, -0.05) is 0 Å². The van der Waals surface area contributed by atoms with Gasteiger partial charge in [-0.25, -0.2) is 4.79 Å². The average Bonchev–Trinajstić information content (AvgIpc) is 2.78. The van der Waals surface area contributed by atoms with E-state index in [4.69, 9.17) is 9.84 Å². The van der Waals surface area contributed by atoms with Crippen LogP contribution < -0.4 is 5.32 Å². The molecule has 4 heteroatoms.